The van der Waals surface area contributed by atoms with Gasteiger partial charge in [0.1, 0.15) is 0 Å². The second-order valence-corrected chi connectivity index (χ2v) is 5.73. The first kappa shape index (κ1) is 17.0. The van der Waals surface area contributed by atoms with Crippen LogP contribution in [0.2, 0.25) is 0 Å². The summed E-state index contributed by atoms with van der Waals surface area (Å²) in [4.78, 5) is 0. The van der Waals surface area contributed by atoms with Gasteiger partial charge in [-0.1, -0.05) is 36.4 Å². The number of benzene rings is 2. The molecule has 2 aromatic rings. The normalized spacial score (nSPS) is 14.3. The molecule has 0 heterocycles. The first-order valence-corrected chi connectivity index (χ1v) is 8.16. The molecule has 4 heteroatoms. The van der Waals surface area contributed by atoms with Crippen LogP contribution in [0, 0.1) is 0 Å². The SMILES string of the molecule is CC(CCCC(C)N=Nc1ccccc1)N=Nc1ccccc1. The Morgan fingerprint density at radius 3 is 1.43 bits per heavy atom. The van der Waals surface area contributed by atoms with Crippen LogP contribution in [0.1, 0.15) is 33.1 Å². The van der Waals surface area contributed by atoms with Gasteiger partial charge in [0.05, 0.1) is 23.5 Å². The minimum atomic E-state index is 0.230. The Balaban J connectivity index is 1.68. The van der Waals surface area contributed by atoms with Gasteiger partial charge in [-0.25, -0.2) is 0 Å². The van der Waals surface area contributed by atoms with E-state index in [2.05, 4.69) is 34.3 Å². The topological polar surface area (TPSA) is 49.4 Å². The predicted molar refractivity (Wildman–Crippen MR) is 94.7 cm³/mol. The van der Waals surface area contributed by atoms with Crippen LogP contribution in [0.4, 0.5) is 11.4 Å². The van der Waals surface area contributed by atoms with Gasteiger partial charge in [-0.3, -0.25) is 0 Å². The molecule has 4 nitrogen and oxygen atoms in total. The van der Waals surface area contributed by atoms with Gasteiger partial charge in [0.2, 0.25) is 0 Å². The van der Waals surface area contributed by atoms with Crippen LogP contribution < -0.4 is 0 Å². The van der Waals surface area contributed by atoms with E-state index in [0.29, 0.717) is 0 Å². The standard InChI is InChI=1S/C19H24N4/c1-16(20-22-18-12-5-3-6-13-18)10-9-11-17(2)21-23-19-14-7-4-8-15-19/h3-8,12-17H,9-11H2,1-2H3. The van der Waals surface area contributed by atoms with Crippen molar-refractivity contribution in [2.75, 3.05) is 0 Å². The molecule has 0 aliphatic carbocycles. The zero-order valence-corrected chi connectivity index (χ0v) is 13.8. The van der Waals surface area contributed by atoms with Gasteiger partial charge in [0.15, 0.2) is 0 Å². The third-order valence-corrected chi connectivity index (χ3v) is 3.50. The third kappa shape index (κ3) is 6.96. The van der Waals surface area contributed by atoms with Gasteiger partial charge in [-0.05, 0) is 57.4 Å². The summed E-state index contributed by atoms with van der Waals surface area (Å²) in [5.74, 6) is 0. The second kappa shape index (κ2) is 9.62. The highest BCUT2D eigenvalue weighted by molar-refractivity contribution is 5.35. The van der Waals surface area contributed by atoms with E-state index in [9.17, 15) is 0 Å². The van der Waals surface area contributed by atoms with Crippen LogP contribution >= 0.6 is 0 Å². The fraction of sp³-hybridized carbons (Fsp3) is 0.368. The fourth-order valence-corrected chi connectivity index (χ4v) is 2.14. The molecule has 0 saturated heterocycles. The van der Waals surface area contributed by atoms with Crippen LogP contribution in [-0.2, 0) is 0 Å². The Morgan fingerprint density at radius 2 is 1.04 bits per heavy atom. The second-order valence-electron chi connectivity index (χ2n) is 5.73. The minimum Gasteiger partial charge on any atom is -0.186 e. The lowest BCUT2D eigenvalue weighted by atomic mass is 10.1. The molecule has 0 saturated carbocycles. The molecule has 0 bridgehead atoms. The third-order valence-electron chi connectivity index (χ3n) is 3.50. The highest BCUT2D eigenvalue weighted by atomic mass is 15.1. The molecule has 0 radical (unpaired) electrons. The average molecular weight is 308 g/mol. The summed E-state index contributed by atoms with van der Waals surface area (Å²) < 4.78 is 0. The van der Waals surface area contributed by atoms with Crippen molar-refractivity contribution < 1.29 is 0 Å². The van der Waals surface area contributed by atoms with Gasteiger partial charge in [-0.15, -0.1) is 0 Å². The van der Waals surface area contributed by atoms with Gasteiger partial charge < -0.3 is 0 Å². The lowest BCUT2D eigenvalue weighted by molar-refractivity contribution is 0.537. The van der Waals surface area contributed by atoms with Crippen molar-refractivity contribution in [3.63, 3.8) is 0 Å². The summed E-state index contributed by atoms with van der Waals surface area (Å²) in [6.07, 6.45) is 3.10. The van der Waals surface area contributed by atoms with E-state index in [0.717, 1.165) is 30.6 Å². The number of hydrogen-bond donors (Lipinski definition) is 0. The lowest BCUT2D eigenvalue weighted by Gasteiger charge is -2.07. The zero-order valence-electron chi connectivity index (χ0n) is 13.8. The summed E-state index contributed by atoms with van der Waals surface area (Å²) in [7, 11) is 0. The van der Waals surface area contributed by atoms with Gasteiger partial charge >= 0.3 is 0 Å². The van der Waals surface area contributed by atoms with Crippen molar-refractivity contribution in [3.05, 3.63) is 60.7 Å². The van der Waals surface area contributed by atoms with Crippen molar-refractivity contribution >= 4 is 11.4 Å². The molecular weight excluding hydrogens is 284 g/mol. The van der Waals surface area contributed by atoms with Crippen molar-refractivity contribution in [1.29, 1.82) is 0 Å². The fourth-order valence-electron chi connectivity index (χ4n) is 2.14. The quantitative estimate of drug-likeness (QED) is 0.500. The average Bonchev–Trinajstić information content (AvgIpc) is 2.60. The molecule has 2 atom stereocenters. The summed E-state index contributed by atoms with van der Waals surface area (Å²) in [6, 6.07) is 20.1. The Bertz CT molecular complexity index is 552. The highest BCUT2D eigenvalue weighted by Crippen LogP contribution is 2.16. The maximum absolute atomic E-state index is 4.36. The van der Waals surface area contributed by atoms with Crippen LogP contribution in [0.3, 0.4) is 0 Å². The van der Waals surface area contributed by atoms with Crippen LogP contribution in [0.15, 0.2) is 81.1 Å². The van der Waals surface area contributed by atoms with E-state index in [4.69, 9.17) is 0 Å². The number of rotatable bonds is 8. The van der Waals surface area contributed by atoms with Gasteiger partial charge in [0.25, 0.3) is 0 Å². The summed E-state index contributed by atoms with van der Waals surface area (Å²) in [5, 5.41) is 17.2. The maximum Gasteiger partial charge on any atom is 0.0852 e. The molecule has 0 N–H and O–H groups in total. The Kier molecular flexibility index (Phi) is 7.11. The van der Waals surface area contributed by atoms with E-state index in [1.807, 2.05) is 60.7 Å². The minimum absolute atomic E-state index is 0.230. The molecule has 0 fully saturated rings. The smallest absolute Gasteiger partial charge is 0.0852 e. The van der Waals surface area contributed by atoms with E-state index >= 15 is 0 Å². The van der Waals surface area contributed by atoms with Crippen molar-refractivity contribution in [2.45, 2.75) is 45.2 Å². The van der Waals surface area contributed by atoms with Crippen molar-refractivity contribution in [1.82, 2.24) is 0 Å². The Hall–Kier alpha value is -2.36. The molecule has 0 aromatic heterocycles. The summed E-state index contributed by atoms with van der Waals surface area (Å²) in [6.45, 7) is 4.20. The summed E-state index contributed by atoms with van der Waals surface area (Å²) in [5.41, 5.74) is 1.81. The van der Waals surface area contributed by atoms with Gasteiger partial charge in [0, 0.05) is 0 Å². The van der Waals surface area contributed by atoms with E-state index in [1.165, 1.54) is 0 Å². The molecule has 23 heavy (non-hydrogen) atoms. The molecule has 120 valence electrons. The Morgan fingerprint density at radius 1 is 0.652 bits per heavy atom. The maximum atomic E-state index is 4.36. The molecule has 0 aliphatic heterocycles. The predicted octanol–water partition coefficient (Wildman–Crippen LogP) is 6.50. The van der Waals surface area contributed by atoms with E-state index < -0.39 is 0 Å². The Labute approximate surface area is 138 Å². The first-order chi connectivity index (χ1) is 11.2. The zero-order chi connectivity index (χ0) is 16.3. The summed E-state index contributed by atoms with van der Waals surface area (Å²) >= 11 is 0. The van der Waals surface area contributed by atoms with Crippen LogP contribution in [0.25, 0.3) is 0 Å². The first-order valence-electron chi connectivity index (χ1n) is 8.16. The molecule has 2 rings (SSSR count). The lowest BCUT2D eigenvalue weighted by Crippen LogP contribution is -2.01. The van der Waals surface area contributed by atoms with Crippen LogP contribution in [-0.4, -0.2) is 12.1 Å². The molecule has 2 aromatic carbocycles. The van der Waals surface area contributed by atoms with Crippen LogP contribution in [0.5, 0.6) is 0 Å². The molecule has 0 spiro atoms. The molecule has 0 aliphatic rings. The molecule has 2 unspecified atom stereocenters. The molecule has 0 amide bonds. The monoisotopic (exact) mass is 308 g/mol. The number of azo groups is 2. The highest BCUT2D eigenvalue weighted by Gasteiger charge is 2.03. The van der Waals surface area contributed by atoms with Crippen molar-refractivity contribution in [3.8, 4) is 0 Å². The largest absolute Gasteiger partial charge is 0.186 e. The van der Waals surface area contributed by atoms with E-state index in [1.54, 1.807) is 0 Å². The van der Waals surface area contributed by atoms with Gasteiger partial charge in [-0.2, -0.15) is 20.5 Å². The van der Waals surface area contributed by atoms with E-state index in [-0.39, 0.29) is 12.1 Å². The molecular formula is C19H24N4. The number of nitrogens with zero attached hydrogens (tertiary/aromatic N) is 4. The number of hydrogen-bond acceptors (Lipinski definition) is 4. The van der Waals surface area contributed by atoms with Crippen molar-refractivity contribution in [2.24, 2.45) is 20.5 Å².